The van der Waals surface area contributed by atoms with Crippen LogP contribution in [0.5, 0.6) is 5.75 Å². The summed E-state index contributed by atoms with van der Waals surface area (Å²) in [5.41, 5.74) is 1.21. The maximum atomic E-state index is 11.0. The lowest BCUT2D eigenvalue weighted by molar-refractivity contribution is -0.141. The molecule has 3 nitrogen and oxygen atoms in total. The van der Waals surface area contributed by atoms with E-state index in [0.717, 1.165) is 30.0 Å². The van der Waals surface area contributed by atoms with Crippen molar-refractivity contribution in [2.24, 2.45) is 11.8 Å². The zero-order valence-electron chi connectivity index (χ0n) is 11.3. The van der Waals surface area contributed by atoms with E-state index in [9.17, 15) is 4.79 Å². The smallest absolute Gasteiger partial charge is 0.306 e. The number of rotatable bonds is 5. The lowest BCUT2D eigenvalue weighted by Gasteiger charge is -2.15. The van der Waals surface area contributed by atoms with Crippen molar-refractivity contribution in [2.45, 2.75) is 38.0 Å². The average Bonchev–Trinajstić information content (AvgIpc) is 3.15. The standard InChI is InChI=1S/C16H19ClO3/c17-13-5-6-15(14(8-13)11-3-4-11)20-9-10-1-2-12(7-10)16(18)19/h5-6,8,10-12H,1-4,7,9H2,(H,18,19). The van der Waals surface area contributed by atoms with Gasteiger partial charge < -0.3 is 9.84 Å². The molecule has 20 heavy (non-hydrogen) atoms. The Bertz CT molecular complexity index is 510. The van der Waals surface area contributed by atoms with Crippen LogP contribution in [-0.2, 0) is 4.79 Å². The highest BCUT2D eigenvalue weighted by Crippen LogP contribution is 2.45. The van der Waals surface area contributed by atoms with Gasteiger partial charge in [-0.3, -0.25) is 4.79 Å². The molecule has 4 heteroatoms. The van der Waals surface area contributed by atoms with E-state index in [1.165, 1.54) is 18.4 Å². The fourth-order valence-electron chi connectivity index (χ4n) is 3.02. The highest BCUT2D eigenvalue weighted by atomic mass is 35.5. The van der Waals surface area contributed by atoms with Crippen LogP contribution in [0, 0.1) is 11.8 Å². The van der Waals surface area contributed by atoms with E-state index < -0.39 is 5.97 Å². The first-order chi connectivity index (χ1) is 9.63. The van der Waals surface area contributed by atoms with Gasteiger partial charge in [0, 0.05) is 5.02 Å². The Kier molecular flexibility index (Phi) is 3.88. The van der Waals surface area contributed by atoms with Crippen LogP contribution in [0.25, 0.3) is 0 Å². The molecule has 1 N–H and O–H groups in total. The molecule has 0 heterocycles. The first-order valence-electron chi connectivity index (χ1n) is 7.28. The molecule has 2 saturated carbocycles. The molecule has 1 aromatic rings. The molecule has 2 fully saturated rings. The lowest BCUT2D eigenvalue weighted by Crippen LogP contribution is -2.13. The van der Waals surface area contributed by atoms with E-state index in [4.69, 9.17) is 21.4 Å². The monoisotopic (exact) mass is 294 g/mol. The molecule has 2 unspecified atom stereocenters. The Morgan fingerprint density at radius 3 is 2.75 bits per heavy atom. The summed E-state index contributed by atoms with van der Waals surface area (Å²) in [6.45, 7) is 0.616. The number of halogens is 1. The highest BCUT2D eigenvalue weighted by Gasteiger charge is 2.31. The Morgan fingerprint density at radius 1 is 1.30 bits per heavy atom. The van der Waals surface area contributed by atoms with E-state index >= 15 is 0 Å². The summed E-state index contributed by atoms with van der Waals surface area (Å²) in [5, 5.41) is 9.77. The third-order valence-corrected chi connectivity index (χ3v) is 4.59. The van der Waals surface area contributed by atoms with Crippen LogP contribution in [0.3, 0.4) is 0 Å². The number of ether oxygens (including phenoxy) is 1. The summed E-state index contributed by atoms with van der Waals surface area (Å²) >= 11 is 6.05. The summed E-state index contributed by atoms with van der Waals surface area (Å²) in [5.74, 6) is 1.03. The number of aliphatic carboxylic acids is 1. The van der Waals surface area contributed by atoms with Gasteiger partial charge in [0.2, 0.25) is 0 Å². The minimum absolute atomic E-state index is 0.184. The SMILES string of the molecule is O=C(O)C1CCC(COc2ccc(Cl)cc2C2CC2)C1. The topological polar surface area (TPSA) is 46.5 Å². The maximum Gasteiger partial charge on any atom is 0.306 e. The number of carbonyl (C=O) groups is 1. The quantitative estimate of drug-likeness (QED) is 0.889. The normalized spacial score (nSPS) is 25.6. The molecule has 1 aromatic carbocycles. The van der Waals surface area contributed by atoms with Crippen molar-refractivity contribution >= 4 is 17.6 Å². The lowest BCUT2D eigenvalue weighted by atomic mass is 10.1. The molecule has 0 radical (unpaired) electrons. The molecular weight excluding hydrogens is 276 g/mol. The molecule has 0 bridgehead atoms. The van der Waals surface area contributed by atoms with E-state index in [1.54, 1.807) is 0 Å². The van der Waals surface area contributed by atoms with Gasteiger partial charge >= 0.3 is 5.97 Å². The van der Waals surface area contributed by atoms with Gasteiger partial charge in [0.15, 0.2) is 0 Å². The molecule has 108 valence electrons. The number of benzene rings is 1. The second-order valence-electron chi connectivity index (χ2n) is 5.98. The molecule has 0 spiro atoms. The van der Waals surface area contributed by atoms with E-state index in [2.05, 4.69) is 0 Å². The average molecular weight is 295 g/mol. The van der Waals surface area contributed by atoms with Gasteiger partial charge in [-0.15, -0.1) is 0 Å². The fourth-order valence-corrected chi connectivity index (χ4v) is 3.20. The number of hydrogen-bond donors (Lipinski definition) is 1. The molecule has 2 aliphatic rings. The molecule has 0 aromatic heterocycles. The van der Waals surface area contributed by atoms with Crippen molar-refractivity contribution in [3.63, 3.8) is 0 Å². The van der Waals surface area contributed by atoms with E-state index in [1.807, 2.05) is 18.2 Å². The molecule has 3 rings (SSSR count). The second kappa shape index (κ2) is 5.65. The molecule has 0 amide bonds. The Hall–Kier alpha value is -1.22. The van der Waals surface area contributed by atoms with Gasteiger partial charge in [-0.25, -0.2) is 0 Å². The van der Waals surface area contributed by atoms with E-state index in [0.29, 0.717) is 18.4 Å². The number of carboxylic acid groups (broad SMARTS) is 1. The molecule has 0 saturated heterocycles. The van der Waals surface area contributed by atoms with Gasteiger partial charge in [-0.2, -0.15) is 0 Å². The third-order valence-electron chi connectivity index (χ3n) is 4.35. The summed E-state index contributed by atoms with van der Waals surface area (Å²) < 4.78 is 5.95. The maximum absolute atomic E-state index is 11.0. The van der Waals surface area contributed by atoms with Crippen molar-refractivity contribution in [2.75, 3.05) is 6.61 Å². The van der Waals surface area contributed by atoms with Crippen molar-refractivity contribution in [3.05, 3.63) is 28.8 Å². The predicted molar refractivity (Wildman–Crippen MR) is 77.4 cm³/mol. The van der Waals surface area contributed by atoms with Crippen LogP contribution in [0.1, 0.15) is 43.6 Å². The van der Waals surface area contributed by atoms with Gasteiger partial charge in [0.25, 0.3) is 0 Å². The zero-order valence-corrected chi connectivity index (χ0v) is 12.1. The van der Waals surface area contributed by atoms with Crippen molar-refractivity contribution in [3.8, 4) is 5.75 Å². The van der Waals surface area contributed by atoms with Crippen molar-refractivity contribution < 1.29 is 14.6 Å². The summed E-state index contributed by atoms with van der Waals surface area (Å²) in [6.07, 6.45) is 4.88. The molecular formula is C16H19ClO3. The summed E-state index contributed by atoms with van der Waals surface area (Å²) in [4.78, 5) is 11.0. The van der Waals surface area contributed by atoms with Crippen LogP contribution in [0.4, 0.5) is 0 Å². The first kappa shape index (κ1) is 13.7. The molecule has 2 atom stereocenters. The molecule has 2 aliphatic carbocycles. The summed E-state index contributed by atoms with van der Waals surface area (Å²) in [6, 6.07) is 5.81. The first-order valence-corrected chi connectivity index (χ1v) is 7.66. The minimum atomic E-state index is -0.669. The third kappa shape index (κ3) is 3.09. The Morgan fingerprint density at radius 2 is 2.10 bits per heavy atom. The Balaban J connectivity index is 1.60. The predicted octanol–water partition coefficient (Wildman–Crippen LogP) is 4.10. The number of carboxylic acids is 1. The van der Waals surface area contributed by atoms with Gasteiger partial charge in [0.1, 0.15) is 5.75 Å². The van der Waals surface area contributed by atoms with Crippen LogP contribution >= 0.6 is 11.6 Å². The molecule has 0 aliphatic heterocycles. The van der Waals surface area contributed by atoms with Gasteiger partial charge in [-0.1, -0.05) is 11.6 Å². The number of hydrogen-bond acceptors (Lipinski definition) is 2. The van der Waals surface area contributed by atoms with E-state index in [-0.39, 0.29) is 5.92 Å². The van der Waals surface area contributed by atoms with Crippen LogP contribution in [-0.4, -0.2) is 17.7 Å². The van der Waals surface area contributed by atoms with Crippen LogP contribution < -0.4 is 4.74 Å². The van der Waals surface area contributed by atoms with Crippen molar-refractivity contribution in [1.82, 2.24) is 0 Å². The minimum Gasteiger partial charge on any atom is -0.493 e. The van der Waals surface area contributed by atoms with Crippen LogP contribution in [0.15, 0.2) is 18.2 Å². The Labute approximate surface area is 123 Å². The largest absolute Gasteiger partial charge is 0.493 e. The highest BCUT2D eigenvalue weighted by molar-refractivity contribution is 6.30. The summed E-state index contributed by atoms with van der Waals surface area (Å²) in [7, 11) is 0. The van der Waals surface area contributed by atoms with Gasteiger partial charge in [0.05, 0.1) is 12.5 Å². The zero-order chi connectivity index (χ0) is 14.1. The fraction of sp³-hybridized carbons (Fsp3) is 0.562. The van der Waals surface area contributed by atoms with Gasteiger partial charge in [-0.05, 0) is 67.7 Å². The van der Waals surface area contributed by atoms with Crippen LogP contribution in [0.2, 0.25) is 5.02 Å². The second-order valence-corrected chi connectivity index (χ2v) is 6.42. The van der Waals surface area contributed by atoms with Crippen molar-refractivity contribution in [1.29, 1.82) is 0 Å².